The van der Waals surface area contributed by atoms with Gasteiger partial charge < -0.3 is 11.1 Å². The van der Waals surface area contributed by atoms with E-state index in [1.165, 1.54) is 28.7 Å². The van der Waals surface area contributed by atoms with Crippen molar-refractivity contribution in [3.63, 3.8) is 0 Å². The number of rotatable bonds is 8. The predicted molar refractivity (Wildman–Crippen MR) is 143 cm³/mol. The summed E-state index contributed by atoms with van der Waals surface area (Å²) in [5.41, 5.74) is 9.26. The SMILES string of the molecule is CCc1ccc(/C=C2/SC(=S)N(CCCC(=O)Nc3sc4c(c3C(N)=O)CCCC4)C2=O)cc1. The largest absolute Gasteiger partial charge is 0.365 e. The lowest BCUT2D eigenvalue weighted by atomic mass is 9.95. The maximum atomic E-state index is 12.8. The van der Waals surface area contributed by atoms with Gasteiger partial charge in [0.15, 0.2) is 0 Å². The molecule has 3 amide bonds. The molecule has 4 rings (SSSR count). The molecule has 0 atom stereocenters. The van der Waals surface area contributed by atoms with E-state index in [-0.39, 0.29) is 18.2 Å². The number of amides is 3. The minimum atomic E-state index is -0.497. The molecule has 0 unspecified atom stereocenters. The highest BCUT2D eigenvalue weighted by molar-refractivity contribution is 8.26. The number of hydrogen-bond donors (Lipinski definition) is 2. The maximum absolute atomic E-state index is 12.8. The summed E-state index contributed by atoms with van der Waals surface area (Å²) < 4.78 is 0.504. The molecule has 1 fully saturated rings. The number of aryl methyl sites for hydroxylation is 2. The van der Waals surface area contributed by atoms with Crippen LogP contribution in [0.5, 0.6) is 0 Å². The van der Waals surface area contributed by atoms with Gasteiger partial charge in [0.05, 0.1) is 10.5 Å². The second-order valence-corrected chi connectivity index (χ2v) is 11.1. The van der Waals surface area contributed by atoms with Gasteiger partial charge in [-0.2, -0.15) is 0 Å². The molecule has 178 valence electrons. The standard InChI is InChI=1S/C25H27N3O3S3/c1-2-15-9-11-16(12-10-15)14-19-24(31)28(25(32)34-19)13-5-8-20(29)27-23-21(22(26)30)17-6-3-4-7-18(17)33-23/h9-12,14H,2-8,13H2,1H3,(H2,26,30)(H,27,29)/b19-14+. The summed E-state index contributed by atoms with van der Waals surface area (Å²) in [5.74, 6) is -0.821. The van der Waals surface area contributed by atoms with Gasteiger partial charge in [0, 0.05) is 17.8 Å². The quantitative estimate of drug-likeness (QED) is 0.387. The second kappa shape index (κ2) is 10.8. The third-order valence-corrected chi connectivity index (χ3v) is 8.60. The van der Waals surface area contributed by atoms with Crippen LogP contribution in [0.25, 0.3) is 6.08 Å². The molecule has 1 aliphatic carbocycles. The monoisotopic (exact) mass is 513 g/mol. The van der Waals surface area contributed by atoms with E-state index in [4.69, 9.17) is 18.0 Å². The molecule has 34 heavy (non-hydrogen) atoms. The van der Waals surface area contributed by atoms with Gasteiger partial charge >= 0.3 is 0 Å². The van der Waals surface area contributed by atoms with Gasteiger partial charge in [-0.3, -0.25) is 19.3 Å². The molecule has 2 heterocycles. The number of hydrogen-bond acceptors (Lipinski definition) is 6. The zero-order chi connectivity index (χ0) is 24.2. The van der Waals surface area contributed by atoms with Gasteiger partial charge in [0.2, 0.25) is 5.91 Å². The van der Waals surface area contributed by atoms with Gasteiger partial charge in [-0.05, 0) is 61.3 Å². The number of carbonyl (C=O) groups is 3. The fraction of sp³-hybridized carbons (Fsp3) is 0.360. The normalized spacial score (nSPS) is 16.7. The first-order chi connectivity index (χ1) is 16.4. The van der Waals surface area contributed by atoms with Crippen LogP contribution in [0.2, 0.25) is 0 Å². The molecule has 0 saturated carbocycles. The number of carbonyl (C=O) groups excluding carboxylic acids is 3. The molecule has 1 aromatic carbocycles. The highest BCUT2D eigenvalue weighted by Crippen LogP contribution is 2.38. The first-order valence-electron chi connectivity index (χ1n) is 11.5. The molecule has 3 N–H and O–H groups in total. The lowest BCUT2D eigenvalue weighted by Crippen LogP contribution is -2.29. The number of fused-ring (bicyclic) bond motifs is 1. The van der Waals surface area contributed by atoms with E-state index in [2.05, 4.69) is 24.4 Å². The second-order valence-electron chi connectivity index (χ2n) is 8.36. The van der Waals surface area contributed by atoms with Crippen molar-refractivity contribution in [3.05, 3.63) is 56.3 Å². The molecule has 1 aromatic heterocycles. The number of primary amides is 1. The highest BCUT2D eigenvalue weighted by Gasteiger charge is 2.32. The van der Waals surface area contributed by atoms with E-state index in [1.54, 1.807) is 4.90 Å². The third kappa shape index (κ3) is 5.42. The number of thiocarbonyl (C=S) groups is 1. The first-order valence-corrected chi connectivity index (χ1v) is 13.5. The maximum Gasteiger partial charge on any atom is 0.266 e. The summed E-state index contributed by atoms with van der Waals surface area (Å²) in [6, 6.07) is 8.11. The molecule has 0 spiro atoms. The molecule has 1 aliphatic heterocycles. The van der Waals surface area contributed by atoms with Crippen LogP contribution in [0.3, 0.4) is 0 Å². The van der Waals surface area contributed by atoms with Crippen LogP contribution < -0.4 is 11.1 Å². The summed E-state index contributed by atoms with van der Waals surface area (Å²) in [6.07, 6.45) is 7.36. The molecule has 0 bridgehead atoms. The van der Waals surface area contributed by atoms with E-state index in [0.29, 0.717) is 32.8 Å². The molecule has 1 saturated heterocycles. The predicted octanol–water partition coefficient (Wildman–Crippen LogP) is 4.91. The Labute approximate surface area is 213 Å². The Bertz CT molecular complexity index is 1170. The number of thiophene rings is 1. The molecular formula is C25H27N3O3S3. The zero-order valence-corrected chi connectivity index (χ0v) is 21.5. The molecule has 2 aromatic rings. The Morgan fingerprint density at radius 1 is 1.21 bits per heavy atom. The number of thioether (sulfide) groups is 1. The van der Waals surface area contributed by atoms with Crippen LogP contribution >= 0.6 is 35.3 Å². The Morgan fingerprint density at radius 2 is 1.94 bits per heavy atom. The Kier molecular flexibility index (Phi) is 7.85. The lowest BCUT2D eigenvalue weighted by Gasteiger charge is -2.14. The highest BCUT2D eigenvalue weighted by atomic mass is 32.2. The van der Waals surface area contributed by atoms with E-state index >= 15 is 0 Å². The van der Waals surface area contributed by atoms with Crippen molar-refractivity contribution in [2.24, 2.45) is 5.73 Å². The van der Waals surface area contributed by atoms with E-state index in [0.717, 1.165) is 48.1 Å². The third-order valence-electron chi connectivity index (χ3n) is 6.02. The van der Waals surface area contributed by atoms with Crippen molar-refractivity contribution in [2.45, 2.75) is 51.9 Å². The Morgan fingerprint density at radius 3 is 2.65 bits per heavy atom. The summed E-state index contributed by atoms with van der Waals surface area (Å²) in [6.45, 7) is 2.47. The van der Waals surface area contributed by atoms with Crippen molar-refractivity contribution < 1.29 is 14.4 Å². The van der Waals surface area contributed by atoms with Gasteiger partial charge in [-0.15, -0.1) is 11.3 Å². The number of nitrogens with two attached hydrogens (primary N) is 1. The van der Waals surface area contributed by atoms with Gasteiger partial charge in [-0.25, -0.2) is 0 Å². The number of benzene rings is 1. The topological polar surface area (TPSA) is 92.5 Å². The summed E-state index contributed by atoms with van der Waals surface area (Å²) in [7, 11) is 0. The van der Waals surface area contributed by atoms with Crippen LogP contribution in [-0.4, -0.2) is 33.5 Å². The average molecular weight is 514 g/mol. The van der Waals surface area contributed by atoms with Crippen LogP contribution in [-0.2, 0) is 28.9 Å². The fourth-order valence-corrected chi connectivity index (χ4v) is 6.81. The minimum Gasteiger partial charge on any atom is -0.365 e. The Balaban J connectivity index is 1.33. The van der Waals surface area contributed by atoms with Gasteiger partial charge in [-0.1, -0.05) is 55.2 Å². The van der Waals surface area contributed by atoms with Crippen LogP contribution in [0.4, 0.5) is 5.00 Å². The van der Waals surface area contributed by atoms with Crippen molar-refractivity contribution >= 4 is 68.4 Å². The summed E-state index contributed by atoms with van der Waals surface area (Å²) in [4.78, 5) is 40.7. The van der Waals surface area contributed by atoms with Gasteiger partial charge in [0.25, 0.3) is 11.8 Å². The number of anilines is 1. The molecule has 6 nitrogen and oxygen atoms in total. The molecular weight excluding hydrogens is 486 g/mol. The summed E-state index contributed by atoms with van der Waals surface area (Å²) in [5, 5.41) is 3.42. The van der Waals surface area contributed by atoms with Crippen molar-refractivity contribution in [3.8, 4) is 0 Å². The molecule has 2 aliphatic rings. The van der Waals surface area contributed by atoms with Crippen molar-refractivity contribution in [1.82, 2.24) is 4.90 Å². The van der Waals surface area contributed by atoms with Crippen molar-refractivity contribution in [2.75, 3.05) is 11.9 Å². The lowest BCUT2D eigenvalue weighted by molar-refractivity contribution is -0.122. The fourth-order valence-electron chi connectivity index (χ4n) is 4.20. The average Bonchev–Trinajstić information content (AvgIpc) is 3.31. The van der Waals surface area contributed by atoms with Crippen molar-refractivity contribution in [1.29, 1.82) is 0 Å². The van der Waals surface area contributed by atoms with E-state index in [1.807, 2.05) is 18.2 Å². The van der Waals surface area contributed by atoms with E-state index in [9.17, 15) is 14.4 Å². The minimum absolute atomic E-state index is 0.128. The van der Waals surface area contributed by atoms with Crippen LogP contribution in [0, 0.1) is 0 Å². The molecule has 9 heteroatoms. The smallest absolute Gasteiger partial charge is 0.266 e. The zero-order valence-electron chi connectivity index (χ0n) is 19.0. The van der Waals surface area contributed by atoms with Gasteiger partial charge in [0.1, 0.15) is 9.32 Å². The molecule has 0 radical (unpaired) electrons. The first kappa shape index (κ1) is 24.6. The summed E-state index contributed by atoms with van der Waals surface area (Å²) >= 11 is 8.15. The Hall–Kier alpha value is -2.49. The number of nitrogens with one attached hydrogen (secondary N) is 1. The number of nitrogens with zero attached hydrogens (tertiary/aromatic N) is 1. The van der Waals surface area contributed by atoms with E-state index < -0.39 is 5.91 Å². The van der Waals surface area contributed by atoms with Crippen LogP contribution in [0.1, 0.15) is 64.5 Å². The van der Waals surface area contributed by atoms with Crippen LogP contribution in [0.15, 0.2) is 29.2 Å².